The van der Waals surface area contributed by atoms with Crippen molar-refractivity contribution in [2.24, 2.45) is 17.3 Å². The molecule has 4 nitrogen and oxygen atoms in total. The van der Waals surface area contributed by atoms with Crippen LogP contribution in [0, 0.1) is 17.3 Å². The van der Waals surface area contributed by atoms with Crippen LogP contribution < -0.4 is 0 Å². The number of likely N-dealkylation sites (tertiary alicyclic amines) is 2. The van der Waals surface area contributed by atoms with E-state index in [1.807, 2.05) is 11.3 Å². The fourth-order valence-electron chi connectivity index (χ4n) is 4.51. The zero-order valence-electron chi connectivity index (χ0n) is 15.3. The summed E-state index contributed by atoms with van der Waals surface area (Å²) in [5.74, 6) is 1.55. The van der Waals surface area contributed by atoms with Crippen LogP contribution in [-0.2, 0) is 16.1 Å². The summed E-state index contributed by atoms with van der Waals surface area (Å²) in [6.45, 7) is 8.67. The van der Waals surface area contributed by atoms with Gasteiger partial charge in [-0.1, -0.05) is 6.07 Å². The molecule has 1 amide bonds. The molecule has 1 saturated carbocycles. The van der Waals surface area contributed by atoms with Gasteiger partial charge in [0.25, 0.3) is 0 Å². The first-order chi connectivity index (χ1) is 12.1. The van der Waals surface area contributed by atoms with Gasteiger partial charge in [0.2, 0.25) is 5.91 Å². The molecule has 4 rings (SSSR count). The second-order valence-corrected chi connectivity index (χ2v) is 9.33. The Morgan fingerprint density at radius 2 is 2.12 bits per heavy atom. The van der Waals surface area contributed by atoms with Crippen molar-refractivity contribution in [1.82, 2.24) is 9.80 Å². The van der Waals surface area contributed by atoms with Gasteiger partial charge in [0.1, 0.15) is 0 Å². The molecule has 2 aliphatic heterocycles. The van der Waals surface area contributed by atoms with E-state index in [1.54, 1.807) is 6.92 Å². The highest BCUT2D eigenvalue weighted by molar-refractivity contribution is 7.09. The Balaban J connectivity index is 1.36. The van der Waals surface area contributed by atoms with Crippen LogP contribution in [0.4, 0.5) is 0 Å². The normalized spacial score (nSPS) is 26.4. The van der Waals surface area contributed by atoms with Gasteiger partial charge in [-0.3, -0.25) is 9.69 Å². The van der Waals surface area contributed by atoms with Gasteiger partial charge in [0, 0.05) is 44.0 Å². The third-order valence-electron chi connectivity index (χ3n) is 6.44. The van der Waals surface area contributed by atoms with E-state index in [4.69, 9.17) is 4.74 Å². The fraction of sp³-hybridized carbons (Fsp3) is 0.750. The molecule has 138 valence electrons. The summed E-state index contributed by atoms with van der Waals surface area (Å²) in [6, 6.07) is 4.37. The maximum atomic E-state index is 12.0. The monoisotopic (exact) mass is 362 g/mol. The molecule has 0 radical (unpaired) electrons. The Morgan fingerprint density at radius 3 is 2.76 bits per heavy atom. The molecule has 2 saturated heterocycles. The first-order valence-corrected chi connectivity index (χ1v) is 10.6. The molecule has 1 aliphatic carbocycles. The Bertz CT molecular complexity index is 577. The van der Waals surface area contributed by atoms with Gasteiger partial charge in [0.05, 0.1) is 6.61 Å². The maximum absolute atomic E-state index is 12.0. The summed E-state index contributed by atoms with van der Waals surface area (Å²) in [5.41, 5.74) is 0.279. The van der Waals surface area contributed by atoms with E-state index in [1.165, 1.54) is 30.6 Å². The fourth-order valence-corrected chi connectivity index (χ4v) is 5.26. The van der Waals surface area contributed by atoms with Gasteiger partial charge in [0.15, 0.2) is 0 Å². The van der Waals surface area contributed by atoms with Crippen molar-refractivity contribution in [3.8, 4) is 0 Å². The molecule has 1 spiro atoms. The van der Waals surface area contributed by atoms with E-state index >= 15 is 0 Å². The van der Waals surface area contributed by atoms with Gasteiger partial charge in [-0.2, -0.15) is 0 Å². The minimum atomic E-state index is 0.227. The zero-order valence-corrected chi connectivity index (χ0v) is 16.1. The maximum Gasteiger partial charge on any atom is 0.219 e. The number of carbonyl (C=O) groups excluding carboxylic acids is 1. The van der Waals surface area contributed by atoms with Crippen LogP contribution in [0.1, 0.15) is 37.5 Å². The van der Waals surface area contributed by atoms with Gasteiger partial charge in [-0.15, -0.1) is 11.3 Å². The molecule has 3 aliphatic rings. The number of thiophene rings is 1. The number of hydrogen-bond acceptors (Lipinski definition) is 4. The van der Waals surface area contributed by atoms with Crippen LogP contribution in [0.3, 0.4) is 0 Å². The highest BCUT2D eigenvalue weighted by atomic mass is 32.1. The third-order valence-corrected chi connectivity index (χ3v) is 7.30. The van der Waals surface area contributed by atoms with Gasteiger partial charge in [-0.25, -0.2) is 0 Å². The number of amides is 1. The number of hydrogen-bond donors (Lipinski definition) is 0. The number of piperidine rings is 1. The molecular formula is C20H30N2O2S. The van der Waals surface area contributed by atoms with Crippen LogP contribution in [0.15, 0.2) is 17.5 Å². The zero-order chi connectivity index (χ0) is 17.3. The lowest BCUT2D eigenvalue weighted by Gasteiger charge is -2.42. The van der Waals surface area contributed by atoms with E-state index in [0.717, 1.165) is 51.9 Å². The van der Waals surface area contributed by atoms with Crippen LogP contribution in [0.25, 0.3) is 0 Å². The average molecular weight is 363 g/mol. The van der Waals surface area contributed by atoms with Crippen molar-refractivity contribution in [3.63, 3.8) is 0 Å². The molecule has 1 aromatic heterocycles. The molecular weight excluding hydrogens is 332 g/mol. The SMILES string of the molecule is CC(=O)N1C[C@@H](COCC2CC2)C2(CCN(Cc3cccs3)CC2)C1. The van der Waals surface area contributed by atoms with Crippen LogP contribution in [-0.4, -0.2) is 55.1 Å². The molecule has 1 atom stereocenters. The molecule has 1 aromatic rings. The van der Waals surface area contributed by atoms with Crippen molar-refractivity contribution in [2.75, 3.05) is 39.4 Å². The Kier molecular flexibility index (Phi) is 5.16. The van der Waals surface area contributed by atoms with Crippen molar-refractivity contribution in [2.45, 2.75) is 39.2 Å². The van der Waals surface area contributed by atoms with Crippen molar-refractivity contribution >= 4 is 17.2 Å². The first-order valence-electron chi connectivity index (χ1n) is 9.73. The molecule has 0 N–H and O–H groups in total. The van der Waals surface area contributed by atoms with Crippen molar-refractivity contribution < 1.29 is 9.53 Å². The molecule has 0 aromatic carbocycles. The second-order valence-electron chi connectivity index (χ2n) is 8.30. The Morgan fingerprint density at radius 1 is 1.32 bits per heavy atom. The quantitative estimate of drug-likeness (QED) is 0.779. The van der Waals surface area contributed by atoms with Crippen molar-refractivity contribution in [1.29, 1.82) is 0 Å². The highest BCUT2D eigenvalue weighted by Gasteiger charge is 2.48. The number of carbonyl (C=O) groups is 1. The van der Waals surface area contributed by atoms with Gasteiger partial charge >= 0.3 is 0 Å². The molecule has 0 bridgehead atoms. The lowest BCUT2D eigenvalue weighted by atomic mass is 9.71. The summed E-state index contributed by atoms with van der Waals surface area (Å²) in [7, 11) is 0. The summed E-state index contributed by atoms with van der Waals surface area (Å²) < 4.78 is 6.06. The molecule has 5 heteroatoms. The van der Waals surface area contributed by atoms with Crippen LogP contribution in [0.2, 0.25) is 0 Å². The summed E-state index contributed by atoms with van der Waals surface area (Å²) in [6.07, 6.45) is 5.07. The second kappa shape index (κ2) is 7.37. The highest BCUT2D eigenvalue weighted by Crippen LogP contribution is 2.45. The minimum absolute atomic E-state index is 0.227. The average Bonchev–Trinajstić information content (AvgIpc) is 3.15. The van der Waals surface area contributed by atoms with Gasteiger partial charge < -0.3 is 9.64 Å². The van der Waals surface area contributed by atoms with E-state index in [-0.39, 0.29) is 11.3 Å². The summed E-state index contributed by atoms with van der Waals surface area (Å²) in [4.78, 5) is 18.1. The largest absolute Gasteiger partial charge is 0.381 e. The molecule has 3 fully saturated rings. The number of nitrogens with zero attached hydrogens (tertiary/aromatic N) is 2. The molecule has 3 heterocycles. The number of ether oxygens (including phenoxy) is 1. The van der Waals surface area contributed by atoms with E-state index in [2.05, 4.69) is 27.3 Å². The van der Waals surface area contributed by atoms with Gasteiger partial charge in [-0.05, 0) is 61.6 Å². The standard InChI is InChI=1S/C20H30N2O2S/c1-16(23)22-11-18(14-24-13-17-4-5-17)20(15-22)6-8-21(9-7-20)12-19-3-2-10-25-19/h2-3,10,17-18H,4-9,11-15H2,1H3/t18-/m0/s1. The lowest BCUT2D eigenvalue weighted by Crippen LogP contribution is -2.45. The van der Waals surface area contributed by atoms with E-state index in [9.17, 15) is 4.79 Å². The van der Waals surface area contributed by atoms with E-state index < -0.39 is 0 Å². The van der Waals surface area contributed by atoms with Crippen LogP contribution >= 0.6 is 11.3 Å². The Labute approximate surface area is 155 Å². The van der Waals surface area contributed by atoms with Crippen molar-refractivity contribution in [3.05, 3.63) is 22.4 Å². The van der Waals surface area contributed by atoms with E-state index in [0.29, 0.717) is 5.92 Å². The third kappa shape index (κ3) is 4.09. The molecule has 0 unspecified atom stereocenters. The first kappa shape index (κ1) is 17.5. The number of rotatable bonds is 6. The lowest BCUT2D eigenvalue weighted by molar-refractivity contribution is -0.128. The topological polar surface area (TPSA) is 32.8 Å². The predicted molar refractivity (Wildman–Crippen MR) is 101 cm³/mol. The smallest absolute Gasteiger partial charge is 0.219 e. The Hall–Kier alpha value is -0.910. The predicted octanol–water partition coefficient (Wildman–Crippen LogP) is 3.24. The summed E-state index contributed by atoms with van der Waals surface area (Å²) in [5, 5.41) is 2.16. The summed E-state index contributed by atoms with van der Waals surface area (Å²) >= 11 is 1.85. The molecule has 25 heavy (non-hydrogen) atoms. The minimum Gasteiger partial charge on any atom is -0.381 e. The van der Waals surface area contributed by atoms with Crippen LogP contribution in [0.5, 0.6) is 0 Å².